The van der Waals surface area contributed by atoms with Crippen molar-refractivity contribution in [3.63, 3.8) is 0 Å². The van der Waals surface area contributed by atoms with Crippen LogP contribution >= 0.6 is 0 Å². The Kier molecular flexibility index (Phi) is 5.40. The van der Waals surface area contributed by atoms with Crippen molar-refractivity contribution in [2.45, 2.75) is 78.3 Å². The fraction of sp³-hybridized carbons (Fsp3) is 0.900. The van der Waals surface area contributed by atoms with E-state index in [9.17, 15) is 9.59 Å². The maximum absolute atomic E-state index is 12.1. The SMILES string of the molecule is CC(C)NC(=O)NCC12CC3CC(C1)CC(CNC(=O)NC(C)C)(C3)C2. The lowest BCUT2D eigenvalue weighted by Gasteiger charge is -2.62. The Morgan fingerprint density at radius 1 is 0.808 bits per heavy atom. The summed E-state index contributed by atoms with van der Waals surface area (Å²) in [6, 6.07) is 0.196. The summed E-state index contributed by atoms with van der Waals surface area (Å²) in [4.78, 5) is 24.1. The summed E-state index contributed by atoms with van der Waals surface area (Å²) in [7, 11) is 0. The second kappa shape index (κ2) is 7.28. The Morgan fingerprint density at radius 2 is 1.19 bits per heavy atom. The van der Waals surface area contributed by atoms with E-state index in [1.165, 1.54) is 32.1 Å². The summed E-state index contributed by atoms with van der Waals surface area (Å²) in [5, 5.41) is 12.1. The first kappa shape index (κ1) is 19.3. The van der Waals surface area contributed by atoms with Gasteiger partial charge in [-0.15, -0.1) is 0 Å². The predicted molar refractivity (Wildman–Crippen MR) is 103 cm³/mol. The number of carbonyl (C=O) groups is 2. The van der Waals surface area contributed by atoms with Gasteiger partial charge in [0.2, 0.25) is 0 Å². The molecule has 6 heteroatoms. The van der Waals surface area contributed by atoms with Crippen molar-refractivity contribution < 1.29 is 9.59 Å². The molecule has 4 bridgehead atoms. The van der Waals surface area contributed by atoms with Crippen LogP contribution in [0.5, 0.6) is 0 Å². The van der Waals surface area contributed by atoms with Gasteiger partial charge < -0.3 is 21.3 Å². The quantitative estimate of drug-likeness (QED) is 0.584. The minimum atomic E-state index is -0.0563. The first-order valence-electron chi connectivity index (χ1n) is 10.3. The molecule has 0 radical (unpaired) electrons. The van der Waals surface area contributed by atoms with Gasteiger partial charge in [0.15, 0.2) is 0 Å². The van der Waals surface area contributed by atoms with Crippen LogP contribution in [-0.2, 0) is 0 Å². The lowest BCUT2D eigenvalue weighted by Crippen LogP contribution is -2.59. The van der Waals surface area contributed by atoms with Gasteiger partial charge in [-0.25, -0.2) is 9.59 Å². The standard InChI is InChI=1S/C20H36N4O2/c1-13(2)23-17(25)21-11-19-6-15-5-16(7-19)9-20(8-15,10-19)12-22-18(26)24-14(3)4/h13-16H,5-12H2,1-4H3,(H2,21,23,25)(H2,22,24,26). The molecule has 4 rings (SSSR count). The van der Waals surface area contributed by atoms with Gasteiger partial charge in [-0.2, -0.15) is 0 Å². The average Bonchev–Trinajstić information content (AvgIpc) is 2.49. The molecule has 6 nitrogen and oxygen atoms in total. The zero-order valence-electron chi connectivity index (χ0n) is 16.8. The van der Waals surface area contributed by atoms with Gasteiger partial charge in [0.1, 0.15) is 0 Å². The Morgan fingerprint density at radius 3 is 1.54 bits per heavy atom. The summed E-state index contributed by atoms with van der Waals surface area (Å²) >= 11 is 0. The molecule has 148 valence electrons. The maximum Gasteiger partial charge on any atom is 0.315 e. The highest BCUT2D eigenvalue weighted by atomic mass is 16.2. The van der Waals surface area contributed by atoms with Crippen LogP contribution in [0.2, 0.25) is 0 Å². The summed E-state index contributed by atoms with van der Waals surface area (Å²) in [6.45, 7) is 9.44. The molecular weight excluding hydrogens is 328 g/mol. The highest BCUT2D eigenvalue weighted by Crippen LogP contribution is 2.64. The first-order chi connectivity index (χ1) is 12.2. The highest BCUT2D eigenvalue weighted by Gasteiger charge is 2.57. The molecule has 26 heavy (non-hydrogen) atoms. The minimum Gasteiger partial charge on any atom is -0.338 e. The molecule has 0 aliphatic heterocycles. The summed E-state index contributed by atoms with van der Waals surface area (Å²) in [5.41, 5.74) is 0.434. The van der Waals surface area contributed by atoms with Gasteiger partial charge in [-0.1, -0.05) is 0 Å². The van der Waals surface area contributed by atoms with E-state index < -0.39 is 0 Å². The smallest absolute Gasteiger partial charge is 0.315 e. The number of rotatable bonds is 6. The van der Waals surface area contributed by atoms with Crippen LogP contribution in [0.1, 0.15) is 66.2 Å². The molecule has 4 N–H and O–H groups in total. The largest absolute Gasteiger partial charge is 0.338 e. The third-order valence-corrected chi connectivity index (χ3v) is 6.39. The number of hydrogen-bond acceptors (Lipinski definition) is 2. The molecule has 0 aromatic rings. The number of urea groups is 2. The van der Waals surface area contributed by atoms with Crippen LogP contribution in [0.4, 0.5) is 9.59 Å². The third-order valence-electron chi connectivity index (χ3n) is 6.39. The van der Waals surface area contributed by atoms with Crippen LogP contribution in [0.3, 0.4) is 0 Å². The predicted octanol–water partition coefficient (Wildman–Crippen LogP) is 2.99. The molecule has 0 heterocycles. The van der Waals surface area contributed by atoms with Gasteiger partial charge in [0, 0.05) is 25.2 Å². The highest BCUT2D eigenvalue weighted by molar-refractivity contribution is 5.74. The molecular formula is C20H36N4O2. The van der Waals surface area contributed by atoms with Gasteiger partial charge in [0.05, 0.1) is 0 Å². The van der Waals surface area contributed by atoms with Crippen LogP contribution in [0, 0.1) is 22.7 Å². The number of amides is 4. The van der Waals surface area contributed by atoms with Gasteiger partial charge in [-0.05, 0) is 88.9 Å². The lowest BCUT2D eigenvalue weighted by atomic mass is 9.44. The average molecular weight is 365 g/mol. The van der Waals surface area contributed by atoms with E-state index in [2.05, 4.69) is 21.3 Å². The van der Waals surface area contributed by atoms with Crippen molar-refractivity contribution in [2.24, 2.45) is 22.7 Å². The first-order valence-corrected chi connectivity index (χ1v) is 10.3. The fourth-order valence-corrected chi connectivity index (χ4v) is 6.23. The third kappa shape index (κ3) is 4.44. The van der Waals surface area contributed by atoms with E-state index in [1.807, 2.05) is 27.7 Å². The van der Waals surface area contributed by atoms with Gasteiger partial charge in [0.25, 0.3) is 0 Å². The summed E-state index contributed by atoms with van der Waals surface area (Å²) in [5.74, 6) is 1.50. The van der Waals surface area contributed by atoms with Crippen LogP contribution in [-0.4, -0.2) is 37.2 Å². The second-order valence-electron chi connectivity index (χ2n) is 9.92. The Labute approximate surface area is 157 Å². The Hall–Kier alpha value is -1.46. The molecule has 0 unspecified atom stereocenters. The molecule has 0 atom stereocenters. The van der Waals surface area contributed by atoms with Crippen molar-refractivity contribution in [3.8, 4) is 0 Å². The van der Waals surface area contributed by atoms with Crippen molar-refractivity contribution in [1.82, 2.24) is 21.3 Å². The van der Waals surface area contributed by atoms with E-state index in [0.717, 1.165) is 31.3 Å². The molecule has 0 saturated heterocycles. The lowest BCUT2D eigenvalue weighted by molar-refractivity contribution is -0.105. The molecule has 0 aromatic carbocycles. The van der Waals surface area contributed by atoms with E-state index in [1.54, 1.807) is 0 Å². The van der Waals surface area contributed by atoms with Crippen LogP contribution in [0.15, 0.2) is 0 Å². The van der Waals surface area contributed by atoms with Crippen molar-refractivity contribution in [2.75, 3.05) is 13.1 Å². The minimum absolute atomic E-state index is 0.0563. The molecule has 0 spiro atoms. The van der Waals surface area contributed by atoms with Crippen LogP contribution < -0.4 is 21.3 Å². The van der Waals surface area contributed by atoms with E-state index >= 15 is 0 Å². The Balaban J connectivity index is 1.61. The number of hydrogen-bond donors (Lipinski definition) is 4. The fourth-order valence-electron chi connectivity index (χ4n) is 6.23. The van der Waals surface area contributed by atoms with Crippen molar-refractivity contribution in [1.29, 1.82) is 0 Å². The van der Waals surface area contributed by atoms with E-state index in [-0.39, 0.29) is 35.0 Å². The molecule has 4 fully saturated rings. The molecule has 4 aliphatic rings. The Bertz CT molecular complexity index is 488. The topological polar surface area (TPSA) is 82.3 Å². The number of carbonyl (C=O) groups excluding carboxylic acids is 2. The molecule has 0 aromatic heterocycles. The van der Waals surface area contributed by atoms with Crippen molar-refractivity contribution in [3.05, 3.63) is 0 Å². The van der Waals surface area contributed by atoms with Gasteiger partial charge >= 0.3 is 12.1 Å². The normalized spacial score (nSPS) is 34.8. The van der Waals surface area contributed by atoms with E-state index in [0.29, 0.717) is 0 Å². The molecule has 4 saturated carbocycles. The maximum atomic E-state index is 12.1. The molecule has 4 amide bonds. The summed E-state index contributed by atoms with van der Waals surface area (Å²) in [6.07, 6.45) is 7.37. The summed E-state index contributed by atoms with van der Waals surface area (Å²) < 4.78 is 0. The van der Waals surface area contributed by atoms with E-state index in [4.69, 9.17) is 0 Å². The van der Waals surface area contributed by atoms with Crippen molar-refractivity contribution >= 4 is 12.1 Å². The number of nitrogens with one attached hydrogen (secondary N) is 4. The monoisotopic (exact) mass is 364 g/mol. The van der Waals surface area contributed by atoms with Crippen LogP contribution in [0.25, 0.3) is 0 Å². The van der Waals surface area contributed by atoms with Gasteiger partial charge in [-0.3, -0.25) is 0 Å². The second-order valence-corrected chi connectivity index (χ2v) is 9.92. The zero-order chi connectivity index (χ0) is 18.9. The zero-order valence-corrected chi connectivity index (χ0v) is 16.8. The molecule has 4 aliphatic carbocycles.